The summed E-state index contributed by atoms with van der Waals surface area (Å²) >= 11 is 1.81. The van der Waals surface area contributed by atoms with Gasteiger partial charge < -0.3 is 14.6 Å². The summed E-state index contributed by atoms with van der Waals surface area (Å²) in [5, 5.41) is 9.12. The molecule has 0 saturated carbocycles. The number of aliphatic hydroxyl groups excluding tert-OH is 1. The average molecular weight is 400 g/mol. The van der Waals surface area contributed by atoms with Crippen molar-refractivity contribution in [3.8, 4) is 0 Å². The SMILES string of the molecule is CC(F)(F)C(OC(=O)c1ccccc1)[C@@H](CO)OCI. The van der Waals surface area contributed by atoms with E-state index in [0.29, 0.717) is 6.92 Å². The van der Waals surface area contributed by atoms with Gasteiger partial charge in [-0.3, -0.25) is 0 Å². The molecule has 20 heavy (non-hydrogen) atoms. The monoisotopic (exact) mass is 400 g/mol. The molecule has 0 aromatic heterocycles. The van der Waals surface area contributed by atoms with Gasteiger partial charge in [0.05, 0.1) is 16.8 Å². The van der Waals surface area contributed by atoms with Crippen molar-refractivity contribution in [3.05, 3.63) is 35.9 Å². The first-order valence-corrected chi connectivity index (χ1v) is 7.35. The van der Waals surface area contributed by atoms with Gasteiger partial charge in [0.25, 0.3) is 5.92 Å². The molecule has 1 aromatic rings. The van der Waals surface area contributed by atoms with Crippen molar-refractivity contribution >= 4 is 28.6 Å². The number of ether oxygens (including phenoxy) is 2. The fraction of sp³-hybridized carbons (Fsp3) is 0.462. The first-order valence-electron chi connectivity index (χ1n) is 5.82. The molecule has 0 saturated heterocycles. The summed E-state index contributed by atoms with van der Waals surface area (Å²) in [5.41, 5.74) is 0.160. The van der Waals surface area contributed by atoms with E-state index in [1.54, 1.807) is 18.2 Å². The van der Waals surface area contributed by atoms with Crippen molar-refractivity contribution in [1.29, 1.82) is 0 Å². The van der Waals surface area contributed by atoms with Crippen molar-refractivity contribution in [2.24, 2.45) is 0 Å². The third-order valence-electron chi connectivity index (χ3n) is 2.54. The van der Waals surface area contributed by atoms with Gasteiger partial charge in [-0.2, -0.15) is 0 Å². The largest absolute Gasteiger partial charge is 0.449 e. The van der Waals surface area contributed by atoms with Crippen LogP contribution < -0.4 is 0 Å². The van der Waals surface area contributed by atoms with Crippen molar-refractivity contribution in [3.63, 3.8) is 0 Å². The van der Waals surface area contributed by atoms with E-state index in [0.717, 1.165) is 0 Å². The van der Waals surface area contributed by atoms with Gasteiger partial charge in [-0.15, -0.1) is 0 Å². The van der Waals surface area contributed by atoms with Gasteiger partial charge in [0.2, 0.25) is 0 Å². The molecule has 0 spiro atoms. The van der Waals surface area contributed by atoms with E-state index in [2.05, 4.69) is 0 Å². The quantitative estimate of drug-likeness (QED) is 0.435. The summed E-state index contributed by atoms with van der Waals surface area (Å²) in [6, 6.07) is 7.81. The Morgan fingerprint density at radius 3 is 2.45 bits per heavy atom. The summed E-state index contributed by atoms with van der Waals surface area (Å²) in [7, 11) is 0. The van der Waals surface area contributed by atoms with Gasteiger partial charge in [-0.1, -0.05) is 40.8 Å². The van der Waals surface area contributed by atoms with Crippen molar-refractivity contribution < 1.29 is 28.2 Å². The van der Waals surface area contributed by atoms with E-state index < -0.39 is 30.7 Å². The predicted molar refractivity (Wildman–Crippen MR) is 77.1 cm³/mol. The standard InChI is InChI=1S/C13H15F2IO4/c1-13(14,15)11(10(7-17)19-8-16)20-12(18)9-5-3-2-4-6-9/h2-6,10-11,17H,7-8H2,1H3/t10-,11?/m1/s1. The fourth-order valence-corrected chi connectivity index (χ4v) is 2.04. The molecule has 7 heteroatoms. The Balaban J connectivity index is 2.88. The van der Waals surface area contributed by atoms with Gasteiger partial charge >= 0.3 is 5.97 Å². The van der Waals surface area contributed by atoms with E-state index in [9.17, 15) is 13.6 Å². The molecule has 2 atom stereocenters. The van der Waals surface area contributed by atoms with Gasteiger partial charge in [0.15, 0.2) is 6.10 Å². The Morgan fingerprint density at radius 1 is 1.40 bits per heavy atom. The highest BCUT2D eigenvalue weighted by molar-refractivity contribution is 14.1. The first kappa shape index (κ1) is 17.3. The van der Waals surface area contributed by atoms with E-state index in [4.69, 9.17) is 14.6 Å². The zero-order valence-electron chi connectivity index (χ0n) is 10.8. The fourth-order valence-electron chi connectivity index (χ4n) is 1.58. The van der Waals surface area contributed by atoms with Crippen molar-refractivity contribution in [2.75, 3.05) is 11.2 Å². The highest BCUT2D eigenvalue weighted by Gasteiger charge is 2.44. The molecule has 0 bridgehead atoms. The third kappa shape index (κ3) is 4.95. The molecule has 1 N–H and O–H groups in total. The molecule has 0 fully saturated rings. The van der Waals surface area contributed by atoms with Crippen molar-refractivity contribution in [2.45, 2.75) is 25.1 Å². The maximum absolute atomic E-state index is 13.6. The number of esters is 1. The molecule has 0 aliphatic carbocycles. The molecular weight excluding hydrogens is 385 g/mol. The number of aliphatic hydroxyl groups is 1. The molecule has 0 heterocycles. The number of alkyl halides is 3. The topological polar surface area (TPSA) is 55.8 Å². The molecule has 1 aromatic carbocycles. The van der Waals surface area contributed by atoms with Crippen LogP contribution in [0.1, 0.15) is 17.3 Å². The Kier molecular flexibility index (Phi) is 6.77. The molecule has 1 unspecified atom stereocenters. The van der Waals surface area contributed by atoms with Gasteiger partial charge in [0, 0.05) is 6.92 Å². The van der Waals surface area contributed by atoms with Crippen LogP contribution in [0.5, 0.6) is 0 Å². The van der Waals surface area contributed by atoms with Crippen LogP contribution in [0.4, 0.5) is 8.78 Å². The molecule has 0 amide bonds. The summed E-state index contributed by atoms with van der Waals surface area (Å²) < 4.78 is 37.0. The minimum atomic E-state index is -3.33. The zero-order valence-corrected chi connectivity index (χ0v) is 12.9. The number of hydrogen-bond acceptors (Lipinski definition) is 4. The van der Waals surface area contributed by atoms with E-state index in [1.807, 2.05) is 22.6 Å². The maximum Gasteiger partial charge on any atom is 0.338 e. The van der Waals surface area contributed by atoms with Crippen molar-refractivity contribution in [1.82, 2.24) is 0 Å². The number of benzene rings is 1. The van der Waals surface area contributed by atoms with E-state index >= 15 is 0 Å². The third-order valence-corrected chi connectivity index (χ3v) is 2.90. The Morgan fingerprint density at radius 2 is 2.00 bits per heavy atom. The summed E-state index contributed by atoms with van der Waals surface area (Å²) in [6.07, 6.45) is -3.13. The van der Waals surface area contributed by atoms with Crippen LogP contribution in [-0.2, 0) is 9.47 Å². The van der Waals surface area contributed by atoms with E-state index in [-0.39, 0.29) is 10.2 Å². The molecule has 0 aliphatic heterocycles. The van der Waals surface area contributed by atoms with Crippen LogP contribution >= 0.6 is 22.6 Å². The second-order valence-corrected chi connectivity index (χ2v) is 4.77. The Labute approximate surface area is 129 Å². The number of carbonyl (C=O) groups excluding carboxylic acids is 1. The molecule has 112 valence electrons. The van der Waals surface area contributed by atoms with Crippen LogP contribution in [0.25, 0.3) is 0 Å². The smallest absolute Gasteiger partial charge is 0.338 e. The van der Waals surface area contributed by atoms with E-state index in [1.165, 1.54) is 12.1 Å². The molecule has 4 nitrogen and oxygen atoms in total. The average Bonchev–Trinajstić information content (AvgIpc) is 2.42. The summed E-state index contributed by atoms with van der Waals surface area (Å²) in [6.45, 7) is -0.0473. The zero-order chi connectivity index (χ0) is 15.2. The lowest BCUT2D eigenvalue weighted by Gasteiger charge is -2.29. The second kappa shape index (κ2) is 7.84. The molecule has 0 radical (unpaired) electrons. The molecule has 0 aliphatic rings. The van der Waals surface area contributed by atoms with Crippen LogP contribution in [-0.4, -0.2) is 40.4 Å². The highest BCUT2D eigenvalue weighted by atomic mass is 127. The number of halogens is 3. The number of rotatable bonds is 7. The molecule has 1 rings (SSSR count). The highest BCUT2D eigenvalue weighted by Crippen LogP contribution is 2.26. The minimum absolute atomic E-state index is 0.0957. The normalized spacial score (nSPS) is 14.7. The minimum Gasteiger partial charge on any atom is -0.449 e. The van der Waals surface area contributed by atoms with Gasteiger partial charge in [-0.25, -0.2) is 13.6 Å². The van der Waals surface area contributed by atoms with Crippen LogP contribution in [0.3, 0.4) is 0 Å². The maximum atomic E-state index is 13.6. The van der Waals surface area contributed by atoms with Crippen LogP contribution in [0.2, 0.25) is 0 Å². The Hall–Kier alpha value is -0.800. The van der Waals surface area contributed by atoms with Gasteiger partial charge in [0.1, 0.15) is 6.10 Å². The second-order valence-electron chi connectivity index (χ2n) is 4.15. The Bertz CT molecular complexity index is 422. The molecular formula is C13H15F2IO4. The lowest BCUT2D eigenvalue weighted by Crippen LogP contribution is -2.47. The lowest BCUT2D eigenvalue weighted by atomic mass is 10.1. The number of hydrogen-bond donors (Lipinski definition) is 1. The lowest BCUT2D eigenvalue weighted by molar-refractivity contribution is -0.161. The van der Waals surface area contributed by atoms with Gasteiger partial charge in [-0.05, 0) is 12.1 Å². The summed E-state index contributed by atoms with van der Waals surface area (Å²) in [4.78, 5) is 11.8. The number of carbonyl (C=O) groups is 1. The summed E-state index contributed by atoms with van der Waals surface area (Å²) in [5.74, 6) is -4.21. The first-order chi connectivity index (χ1) is 9.40. The van der Waals surface area contributed by atoms with Crippen LogP contribution in [0, 0.1) is 0 Å². The van der Waals surface area contributed by atoms with Crippen LogP contribution in [0.15, 0.2) is 30.3 Å². The predicted octanol–water partition coefficient (Wildman–Crippen LogP) is 2.64.